The maximum absolute atomic E-state index is 4.79. The molecule has 0 bridgehead atoms. The average Bonchev–Trinajstić information content (AvgIpc) is 2.74. The second kappa shape index (κ2) is 8.14. The summed E-state index contributed by atoms with van der Waals surface area (Å²) in [6.45, 7) is 0.714. The highest BCUT2D eigenvalue weighted by molar-refractivity contribution is 9.10. The van der Waals surface area contributed by atoms with Crippen LogP contribution in [0, 0.1) is 0 Å². The number of aromatic nitrogens is 2. The van der Waals surface area contributed by atoms with E-state index in [9.17, 15) is 0 Å². The van der Waals surface area contributed by atoms with Gasteiger partial charge in [-0.2, -0.15) is 0 Å². The Bertz CT molecular complexity index is 1010. The van der Waals surface area contributed by atoms with Crippen molar-refractivity contribution < 1.29 is 4.68 Å². The Morgan fingerprint density at radius 2 is 1.41 bits per heavy atom. The molecule has 0 spiro atoms. The van der Waals surface area contributed by atoms with E-state index in [1.54, 1.807) is 0 Å². The van der Waals surface area contributed by atoms with Crippen LogP contribution in [0.3, 0.4) is 0 Å². The zero-order valence-corrected chi connectivity index (χ0v) is 16.3. The first-order valence-corrected chi connectivity index (χ1v) is 9.59. The van der Waals surface area contributed by atoms with Crippen LogP contribution in [0.15, 0.2) is 108 Å². The summed E-state index contributed by atoms with van der Waals surface area (Å²) in [5, 5.41) is 2.15. The summed E-state index contributed by atoms with van der Waals surface area (Å²) in [7, 11) is 0. The van der Waals surface area contributed by atoms with Crippen molar-refractivity contribution in [3.63, 3.8) is 0 Å². The largest absolute Gasteiger partial charge is 0.233 e. The summed E-state index contributed by atoms with van der Waals surface area (Å²) in [5.74, 6) is 0.870. The molecule has 3 nitrogen and oxygen atoms in total. The molecule has 0 aliphatic carbocycles. The zero-order chi connectivity index (χ0) is 18.5. The Kier molecular flexibility index (Phi) is 5.26. The van der Waals surface area contributed by atoms with Gasteiger partial charge in [-0.15, -0.1) is 5.01 Å². The minimum Gasteiger partial charge on any atom is -0.233 e. The van der Waals surface area contributed by atoms with Gasteiger partial charge in [0.05, 0.1) is 4.47 Å². The standard InChI is InChI=1S/C23H19BrN3/c24-22-16-21(20-12-6-2-7-13-20)17-25-23(22)27(26-14-8-3-9-15-26)18-19-10-4-1-5-11-19/h1-17H,18H2/q+1. The van der Waals surface area contributed by atoms with Crippen LogP contribution in [0.4, 0.5) is 5.82 Å². The first-order valence-electron chi connectivity index (χ1n) is 8.80. The lowest BCUT2D eigenvalue weighted by atomic mass is 10.1. The molecular formula is C23H19BrN3+. The van der Waals surface area contributed by atoms with Crippen LogP contribution in [0.25, 0.3) is 11.1 Å². The van der Waals surface area contributed by atoms with E-state index in [2.05, 4.69) is 68.1 Å². The molecular weight excluding hydrogens is 398 g/mol. The third kappa shape index (κ3) is 4.07. The van der Waals surface area contributed by atoms with Gasteiger partial charge in [0.2, 0.25) is 5.82 Å². The van der Waals surface area contributed by atoms with E-state index in [1.165, 1.54) is 5.56 Å². The molecule has 4 aromatic rings. The highest BCUT2D eigenvalue weighted by Gasteiger charge is 2.21. The van der Waals surface area contributed by atoms with Crippen LogP contribution >= 0.6 is 15.9 Å². The number of nitrogens with zero attached hydrogens (tertiary/aromatic N) is 3. The third-order valence-electron chi connectivity index (χ3n) is 4.33. The third-order valence-corrected chi connectivity index (χ3v) is 4.91. The van der Waals surface area contributed by atoms with Crippen molar-refractivity contribution >= 4 is 21.7 Å². The van der Waals surface area contributed by atoms with Gasteiger partial charge in [-0.3, -0.25) is 0 Å². The summed E-state index contributed by atoms with van der Waals surface area (Å²) in [4.78, 5) is 4.79. The molecule has 0 aliphatic rings. The monoisotopic (exact) mass is 416 g/mol. The molecule has 2 aromatic carbocycles. The summed E-state index contributed by atoms with van der Waals surface area (Å²) in [5.41, 5.74) is 3.46. The molecule has 0 amide bonds. The van der Waals surface area contributed by atoms with Gasteiger partial charge >= 0.3 is 0 Å². The fourth-order valence-corrected chi connectivity index (χ4v) is 3.54. The van der Waals surface area contributed by atoms with E-state index in [4.69, 9.17) is 4.98 Å². The number of halogens is 1. The van der Waals surface area contributed by atoms with Crippen LogP contribution < -0.4 is 9.69 Å². The fraction of sp³-hybridized carbons (Fsp3) is 0.0435. The highest BCUT2D eigenvalue weighted by atomic mass is 79.9. The molecule has 0 radical (unpaired) electrons. The molecule has 4 rings (SSSR count). The molecule has 0 saturated heterocycles. The van der Waals surface area contributed by atoms with Gasteiger partial charge in [-0.05, 0) is 33.1 Å². The Hall–Kier alpha value is -2.98. The predicted octanol–water partition coefficient (Wildman–Crippen LogP) is 5.27. The first kappa shape index (κ1) is 17.4. The maximum Gasteiger partial charge on any atom is 0.202 e. The lowest BCUT2D eigenvalue weighted by Gasteiger charge is -2.18. The van der Waals surface area contributed by atoms with Crippen molar-refractivity contribution in [3.8, 4) is 11.1 Å². The topological polar surface area (TPSA) is 20.0 Å². The molecule has 27 heavy (non-hydrogen) atoms. The Labute approximate surface area is 167 Å². The van der Waals surface area contributed by atoms with Crippen LogP contribution in [-0.2, 0) is 6.54 Å². The minimum atomic E-state index is 0.714. The molecule has 4 heteroatoms. The van der Waals surface area contributed by atoms with Gasteiger partial charge in [0.1, 0.15) is 6.54 Å². The van der Waals surface area contributed by atoms with Crippen molar-refractivity contribution in [2.24, 2.45) is 0 Å². The predicted molar refractivity (Wildman–Crippen MR) is 112 cm³/mol. The fourth-order valence-electron chi connectivity index (χ4n) is 2.98. The Morgan fingerprint density at radius 3 is 2.07 bits per heavy atom. The van der Waals surface area contributed by atoms with E-state index in [0.29, 0.717) is 6.54 Å². The second-order valence-corrected chi connectivity index (χ2v) is 7.05. The van der Waals surface area contributed by atoms with Crippen molar-refractivity contribution in [1.29, 1.82) is 0 Å². The molecule has 132 valence electrons. The molecule has 0 saturated carbocycles. The lowest BCUT2D eigenvalue weighted by Crippen LogP contribution is -2.53. The van der Waals surface area contributed by atoms with Gasteiger partial charge in [-0.1, -0.05) is 71.4 Å². The van der Waals surface area contributed by atoms with Gasteiger partial charge < -0.3 is 0 Å². The van der Waals surface area contributed by atoms with E-state index in [0.717, 1.165) is 21.4 Å². The second-order valence-electron chi connectivity index (χ2n) is 6.19. The first-order chi connectivity index (χ1) is 13.3. The summed E-state index contributed by atoms with van der Waals surface area (Å²) in [6.07, 6.45) is 5.99. The van der Waals surface area contributed by atoms with E-state index in [1.807, 2.05) is 61.1 Å². The van der Waals surface area contributed by atoms with Crippen LogP contribution in [-0.4, -0.2) is 4.98 Å². The van der Waals surface area contributed by atoms with Gasteiger partial charge in [0.25, 0.3) is 0 Å². The molecule has 0 fully saturated rings. The number of hydrogen-bond donors (Lipinski definition) is 0. The van der Waals surface area contributed by atoms with E-state index < -0.39 is 0 Å². The lowest BCUT2D eigenvalue weighted by molar-refractivity contribution is -0.686. The molecule has 0 unspecified atom stereocenters. The number of benzene rings is 2. The number of rotatable bonds is 5. The van der Waals surface area contributed by atoms with Gasteiger partial charge in [-0.25, -0.2) is 4.98 Å². The molecule has 0 atom stereocenters. The maximum atomic E-state index is 4.79. The average molecular weight is 417 g/mol. The normalized spacial score (nSPS) is 10.6. The van der Waals surface area contributed by atoms with Crippen molar-refractivity contribution in [1.82, 2.24) is 4.98 Å². The van der Waals surface area contributed by atoms with Crippen LogP contribution in [0.1, 0.15) is 5.56 Å². The van der Waals surface area contributed by atoms with Gasteiger partial charge in [0, 0.05) is 23.9 Å². The molecule has 2 aromatic heterocycles. The quantitative estimate of drug-likeness (QED) is 0.413. The van der Waals surface area contributed by atoms with Crippen LogP contribution in [0.2, 0.25) is 0 Å². The number of hydrogen-bond acceptors (Lipinski definition) is 2. The van der Waals surface area contributed by atoms with Crippen molar-refractivity contribution in [2.75, 3.05) is 5.01 Å². The van der Waals surface area contributed by atoms with Crippen LogP contribution in [0.5, 0.6) is 0 Å². The Morgan fingerprint density at radius 1 is 0.778 bits per heavy atom. The van der Waals surface area contributed by atoms with Crippen molar-refractivity contribution in [2.45, 2.75) is 6.54 Å². The highest BCUT2D eigenvalue weighted by Crippen LogP contribution is 2.29. The zero-order valence-electron chi connectivity index (χ0n) is 14.7. The SMILES string of the molecule is Brc1cc(-c2ccccc2)cnc1N(Cc1ccccc1)[n+]1ccccc1. The summed E-state index contributed by atoms with van der Waals surface area (Å²) >= 11 is 3.74. The molecule has 0 aliphatic heterocycles. The van der Waals surface area contributed by atoms with E-state index >= 15 is 0 Å². The summed E-state index contributed by atoms with van der Waals surface area (Å²) < 4.78 is 3.01. The minimum absolute atomic E-state index is 0.714. The number of anilines is 1. The molecule has 0 N–H and O–H groups in total. The molecule has 2 heterocycles. The number of pyridine rings is 2. The van der Waals surface area contributed by atoms with Gasteiger partial charge in [0.15, 0.2) is 12.4 Å². The Balaban J connectivity index is 1.74. The smallest absolute Gasteiger partial charge is 0.202 e. The van der Waals surface area contributed by atoms with E-state index in [-0.39, 0.29) is 0 Å². The van der Waals surface area contributed by atoms with Crippen molar-refractivity contribution in [3.05, 3.63) is 114 Å². The summed E-state index contributed by atoms with van der Waals surface area (Å²) in [6, 6.07) is 28.9.